The van der Waals surface area contributed by atoms with Crippen molar-refractivity contribution in [2.75, 3.05) is 18.0 Å². The van der Waals surface area contributed by atoms with E-state index in [1.807, 2.05) is 13.0 Å². The highest BCUT2D eigenvalue weighted by Crippen LogP contribution is 2.32. The maximum atomic E-state index is 10.9. The van der Waals surface area contributed by atoms with E-state index in [9.17, 15) is 10.1 Å². The Hall–Kier alpha value is -1.62. The summed E-state index contributed by atoms with van der Waals surface area (Å²) in [5.41, 5.74) is 8.06. The Labute approximate surface area is 113 Å². The first-order chi connectivity index (χ1) is 9.04. The van der Waals surface area contributed by atoms with Gasteiger partial charge in [0, 0.05) is 37.0 Å². The van der Waals surface area contributed by atoms with Crippen molar-refractivity contribution in [3.8, 4) is 0 Å². The molecule has 2 unspecified atom stereocenters. The van der Waals surface area contributed by atoms with Gasteiger partial charge >= 0.3 is 0 Å². The number of nitro groups is 1. The molecule has 5 heteroatoms. The third-order valence-corrected chi connectivity index (χ3v) is 4.07. The molecule has 1 fully saturated rings. The summed E-state index contributed by atoms with van der Waals surface area (Å²) in [4.78, 5) is 12.8. The number of aryl methyl sites for hydroxylation is 1. The number of nitrogens with zero attached hydrogens (tertiary/aromatic N) is 2. The zero-order valence-electron chi connectivity index (χ0n) is 11.5. The van der Waals surface area contributed by atoms with Gasteiger partial charge in [0.05, 0.1) is 4.92 Å². The van der Waals surface area contributed by atoms with Gasteiger partial charge in [-0.05, 0) is 31.2 Å². The summed E-state index contributed by atoms with van der Waals surface area (Å²) in [5.74, 6) is 0.525. The minimum Gasteiger partial charge on any atom is -0.367 e. The number of rotatable bonds is 3. The van der Waals surface area contributed by atoms with Crippen LogP contribution in [-0.4, -0.2) is 24.1 Å². The van der Waals surface area contributed by atoms with Gasteiger partial charge in [0.2, 0.25) is 0 Å². The Morgan fingerprint density at radius 1 is 1.53 bits per heavy atom. The average Bonchev–Trinajstić information content (AvgIpc) is 2.38. The summed E-state index contributed by atoms with van der Waals surface area (Å²) in [5, 5.41) is 10.9. The van der Waals surface area contributed by atoms with E-state index in [0.29, 0.717) is 12.5 Å². The van der Waals surface area contributed by atoms with Gasteiger partial charge in [0.1, 0.15) is 0 Å². The predicted octanol–water partition coefficient (Wildman–Crippen LogP) is 2.47. The number of piperidine rings is 1. The second kappa shape index (κ2) is 5.57. The zero-order chi connectivity index (χ0) is 14.0. The minimum atomic E-state index is -0.340. The van der Waals surface area contributed by atoms with Crippen LogP contribution in [0.1, 0.15) is 25.3 Å². The molecule has 104 valence electrons. The van der Waals surface area contributed by atoms with Crippen molar-refractivity contribution in [1.82, 2.24) is 0 Å². The number of hydrogen-bond acceptors (Lipinski definition) is 4. The Kier molecular flexibility index (Phi) is 4.04. The van der Waals surface area contributed by atoms with Crippen molar-refractivity contribution < 1.29 is 4.92 Å². The van der Waals surface area contributed by atoms with Crippen molar-refractivity contribution >= 4 is 11.4 Å². The van der Waals surface area contributed by atoms with E-state index in [-0.39, 0.29) is 16.7 Å². The second-order valence-electron chi connectivity index (χ2n) is 5.34. The fourth-order valence-corrected chi connectivity index (χ4v) is 2.93. The lowest BCUT2D eigenvalue weighted by Gasteiger charge is -2.41. The molecule has 2 rings (SSSR count). The Bertz CT molecular complexity index is 476. The summed E-state index contributed by atoms with van der Waals surface area (Å²) >= 11 is 0. The van der Waals surface area contributed by atoms with Crippen LogP contribution < -0.4 is 10.6 Å². The normalized spacial score (nSPS) is 23.4. The van der Waals surface area contributed by atoms with Crippen LogP contribution in [0.25, 0.3) is 0 Å². The van der Waals surface area contributed by atoms with Crippen LogP contribution in [-0.2, 0) is 0 Å². The summed E-state index contributed by atoms with van der Waals surface area (Å²) in [6, 6.07) is 5.33. The van der Waals surface area contributed by atoms with Crippen LogP contribution in [0.4, 0.5) is 11.4 Å². The highest BCUT2D eigenvalue weighted by atomic mass is 16.6. The molecule has 5 nitrogen and oxygen atoms in total. The second-order valence-corrected chi connectivity index (χ2v) is 5.34. The van der Waals surface area contributed by atoms with Crippen LogP contribution in [0.15, 0.2) is 18.2 Å². The van der Waals surface area contributed by atoms with Crippen molar-refractivity contribution in [2.24, 2.45) is 11.7 Å². The average molecular weight is 263 g/mol. The van der Waals surface area contributed by atoms with E-state index in [1.54, 1.807) is 12.1 Å². The lowest BCUT2D eigenvalue weighted by atomic mass is 9.90. The summed E-state index contributed by atoms with van der Waals surface area (Å²) in [6.45, 7) is 5.71. The predicted molar refractivity (Wildman–Crippen MR) is 76.4 cm³/mol. The van der Waals surface area contributed by atoms with Gasteiger partial charge in [-0.25, -0.2) is 0 Å². The third-order valence-electron chi connectivity index (χ3n) is 4.07. The molecule has 0 aromatic heterocycles. The molecule has 0 aliphatic carbocycles. The van der Waals surface area contributed by atoms with Crippen LogP contribution >= 0.6 is 0 Å². The van der Waals surface area contributed by atoms with E-state index in [4.69, 9.17) is 5.73 Å². The molecule has 1 aliphatic rings. The van der Waals surface area contributed by atoms with Gasteiger partial charge in [-0.15, -0.1) is 0 Å². The number of anilines is 1. The molecule has 2 N–H and O–H groups in total. The van der Waals surface area contributed by atoms with E-state index in [1.165, 1.54) is 6.42 Å². The molecule has 1 heterocycles. The molecule has 0 radical (unpaired) electrons. The fraction of sp³-hybridized carbons (Fsp3) is 0.571. The molecule has 1 aromatic carbocycles. The van der Waals surface area contributed by atoms with Crippen molar-refractivity contribution in [3.05, 3.63) is 33.9 Å². The molecule has 0 spiro atoms. The maximum Gasteiger partial charge on any atom is 0.271 e. The highest BCUT2D eigenvalue weighted by molar-refractivity contribution is 5.59. The van der Waals surface area contributed by atoms with Crippen LogP contribution in [0, 0.1) is 23.0 Å². The molecular weight excluding hydrogens is 242 g/mol. The standard InChI is InChI=1S/C14H21N3O2/c1-10-4-3-7-16(14(10)9-15)13-8-12(17(18)19)6-5-11(13)2/h5-6,8,10,14H,3-4,7,9,15H2,1-2H3. The number of nitrogens with two attached hydrogens (primary N) is 1. The van der Waals surface area contributed by atoms with Crippen LogP contribution in [0.3, 0.4) is 0 Å². The Morgan fingerprint density at radius 2 is 2.26 bits per heavy atom. The SMILES string of the molecule is Cc1ccc([N+](=O)[O-])cc1N1CCCC(C)C1CN. The molecule has 19 heavy (non-hydrogen) atoms. The number of non-ortho nitro benzene ring substituents is 1. The molecule has 1 saturated heterocycles. The fourth-order valence-electron chi connectivity index (χ4n) is 2.93. The number of hydrogen-bond donors (Lipinski definition) is 1. The van der Waals surface area contributed by atoms with Crippen molar-refractivity contribution in [1.29, 1.82) is 0 Å². The van der Waals surface area contributed by atoms with Crippen LogP contribution in [0.2, 0.25) is 0 Å². The molecule has 0 amide bonds. The summed E-state index contributed by atoms with van der Waals surface area (Å²) < 4.78 is 0. The highest BCUT2D eigenvalue weighted by Gasteiger charge is 2.29. The summed E-state index contributed by atoms with van der Waals surface area (Å²) in [6.07, 6.45) is 2.28. The third kappa shape index (κ3) is 2.71. The van der Waals surface area contributed by atoms with E-state index < -0.39 is 0 Å². The zero-order valence-corrected chi connectivity index (χ0v) is 11.5. The van der Waals surface area contributed by atoms with Gasteiger partial charge in [0.15, 0.2) is 0 Å². The van der Waals surface area contributed by atoms with E-state index in [0.717, 1.165) is 24.2 Å². The van der Waals surface area contributed by atoms with Crippen molar-refractivity contribution in [2.45, 2.75) is 32.7 Å². The topological polar surface area (TPSA) is 72.4 Å². The molecule has 1 aromatic rings. The lowest BCUT2D eigenvalue weighted by Crippen LogP contribution is -2.49. The first-order valence-electron chi connectivity index (χ1n) is 6.76. The van der Waals surface area contributed by atoms with E-state index >= 15 is 0 Å². The van der Waals surface area contributed by atoms with Gasteiger partial charge < -0.3 is 10.6 Å². The Morgan fingerprint density at radius 3 is 2.89 bits per heavy atom. The minimum absolute atomic E-state index is 0.148. The maximum absolute atomic E-state index is 10.9. The quantitative estimate of drug-likeness (QED) is 0.671. The molecular formula is C14H21N3O2. The number of nitro benzene ring substituents is 1. The smallest absolute Gasteiger partial charge is 0.271 e. The van der Waals surface area contributed by atoms with Gasteiger partial charge in [0.25, 0.3) is 5.69 Å². The van der Waals surface area contributed by atoms with Crippen LogP contribution in [0.5, 0.6) is 0 Å². The molecule has 1 aliphatic heterocycles. The Balaban J connectivity index is 2.38. The first kappa shape index (κ1) is 13.8. The van der Waals surface area contributed by atoms with Gasteiger partial charge in [-0.1, -0.05) is 13.0 Å². The van der Waals surface area contributed by atoms with Gasteiger partial charge in [-0.3, -0.25) is 10.1 Å². The number of benzene rings is 1. The van der Waals surface area contributed by atoms with Crippen molar-refractivity contribution in [3.63, 3.8) is 0 Å². The van der Waals surface area contributed by atoms with E-state index in [2.05, 4.69) is 11.8 Å². The van der Waals surface area contributed by atoms with Gasteiger partial charge in [-0.2, -0.15) is 0 Å². The molecule has 0 bridgehead atoms. The molecule has 0 saturated carbocycles. The molecule has 2 atom stereocenters. The summed E-state index contributed by atoms with van der Waals surface area (Å²) in [7, 11) is 0. The largest absolute Gasteiger partial charge is 0.367 e. The monoisotopic (exact) mass is 263 g/mol. The first-order valence-corrected chi connectivity index (χ1v) is 6.76. The lowest BCUT2D eigenvalue weighted by molar-refractivity contribution is -0.384.